The SMILES string of the molecule is CCOc1cncc(N2[C@H]3CC[C@@H]2CN(C(=O)OC(C)(C)C)CC3)c1. The number of rotatable bonds is 3. The largest absolute Gasteiger partial charge is 0.492 e. The molecule has 0 N–H and O–H groups in total. The number of anilines is 1. The van der Waals surface area contributed by atoms with Crippen molar-refractivity contribution in [2.45, 2.75) is 64.6 Å². The van der Waals surface area contributed by atoms with Crippen LogP contribution in [0.2, 0.25) is 0 Å². The Kier molecular flexibility index (Phi) is 5.06. The van der Waals surface area contributed by atoms with Gasteiger partial charge in [0, 0.05) is 31.2 Å². The molecule has 0 radical (unpaired) electrons. The third-order valence-electron chi connectivity index (χ3n) is 4.74. The summed E-state index contributed by atoms with van der Waals surface area (Å²) in [5.74, 6) is 0.799. The number of carbonyl (C=O) groups excluding carboxylic acids is 1. The van der Waals surface area contributed by atoms with Gasteiger partial charge < -0.3 is 19.3 Å². The molecule has 2 saturated heterocycles. The summed E-state index contributed by atoms with van der Waals surface area (Å²) in [5.41, 5.74) is 0.627. The average molecular weight is 347 g/mol. The molecule has 2 atom stereocenters. The van der Waals surface area contributed by atoms with Crippen molar-refractivity contribution in [3.63, 3.8) is 0 Å². The molecule has 2 aliphatic heterocycles. The van der Waals surface area contributed by atoms with Crippen molar-refractivity contribution in [3.8, 4) is 5.75 Å². The molecule has 1 aromatic rings. The van der Waals surface area contributed by atoms with Crippen molar-refractivity contribution in [3.05, 3.63) is 18.5 Å². The van der Waals surface area contributed by atoms with Crippen LogP contribution < -0.4 is 9.64 Å². The maximum absolute atomic E-state index is 12.5. The fraction of sp³-hybridized carbons (Fsp3) is 0.684. The van der Waals surface area contributed by atoms with Crippen molar-refractivity contribution in [1.29, 1.82) is 0 Å². The van der Waals surface area contributed by atoms with Gasteiger partial charge in [0.15, 0.2) is 0 Å². The molecule has 3 rings (SSSR count). The van der Waals surface area contributed by atoms with Crippen LogP contribution in [0.5, 0.6) is 5.75 Å². The Balaban J connectivity index is 1.76. The maximum Gasteiger partial charge on any atom is 0.410 e. The van der Waals surface area contributed by atoms with Crippen LogP contribution in [0.1, 0.15) is 47.0 Å². The summed E-state index contributed by atoms with van der Waals surface area (Å²) in [7, 11) is 0. The van der Waals surface area contributed by atoms with Gasteiger partial charge in [-0.3, -0.25) is 4.98 Å². The van der Waals surface area contributed by atoms with Crippen LogP contribution in [0.15, 0.2) is 18.5 Å². The van der Waals surface area contributed by atoms with Gasteiger partial charge in [-0.05, 0) is 47.0 Å². The van der Waals surface area contributed by atoms with Crippen molar-refractivity contribution >= 4 is 11.8 Å². The minimum absolute atomic E-state index is 0.207. The van der Waals surface area contributed by atoms with E-state index in [1.54, 1.807) is 6.20 Å². The number of pyridine rings is 1. The Labute approximate surface area is 150 Å². The fourth-order valence-electron chi connectivity index (χ4n) is 3.78. The molecule has 2 bridgehead atoms. The summed E-state index contributed by atoms with van der Waals surface area (Å²) in [6, 6.07) is 2.81. The topological polar surface area (TPSA) is 54.9 Å². The molecule has 2 aliphatic rings. The number of nitrogens with zero attached hydrogens (tertiary/aromatic N) is 3. The number of hydrogen-bond donors (Lipinski definition) is 0. The Morgan fingerprint density at radius 2 is 2.00 bits per heavy atom. The smallest absolute Gasteiger partial charge is 0.410 e. The van der Waals surface area contributed by atoms with Crippen LogP contribution in [0.25, 0.3) is 0 Å². The summed E-state index contributed by atoms with van der Waals surface area (Å²) < 4.78 is 11.2. The first-order valence-electron chi connectivity index (χ1n) is 9.21. The van der Waals surface area contributed by atoms with E-state index < -0.39 is 5.60 Å². The molecule has 138 valence electrons. The first-order valence-corrected chi connectivity index (χ1v) is 9.21. The molecule has 0 unspecified atom stereocenters. The standard InChI is InChI=1S/C19H29N3O3/c1-5-24-17-10-16(11-20-12-17)22-14-6-7-15(22)13-21(9-8-14)18(23)25-19(2,3)4/h10-12,14-15H,5-9,13H2,1-4H3/t14-,15+/m0/s1. The second-order valence-electron chi connectivity index (χ2n) is 7.82. The quantitative estimate of drug-likeness (QED) is 0.838. The van der Waals surface area contributed by atoms with E-state index in [0.717, 1.165) is 37.2 Å². The average Bonchev–Trinajstić information content (AvgIpc) is 2.80. The Bertz CT molecular complexity index is 614. The number of hydrogen-bond acceptors (Lipinski definition) is 5. The molecule has 2 fully saturated rings. The maximum atomic E-state index is 12.5. The van der Waals surface area contributed by atoms with Crippen LogP contribution in [-0.4, -0.2) is 53.4 Å². The lowest BCUT2D eigenvalue weighted by atomic mass is 10.1. The summed E-state index contributed by atoms with van der Waals surface area (Å²) in [6.45, 7) is 9.77. The molecular weight excluding hydrogens is 318 g/mol. The van der Waals surface area contributed by atoms with Crippen LogP contribution >= 0.6 is 0 Å². The van der Waals surface area contributed by atoms with E-state index in [1.165, 1.54) is 0 Å². The number of ether oxygens (including phenoxy) is 2. The highest BCUT2D eigenvalue weighted by Gasteiger charge is 2.39. The predicted molar refractivity (Wildman–Crippen MR) is 97.1 cm³/mol. The molecule has 6 nitrogen and oxygen atoms in total. The summed E-state index contributed by atoms with van der Waals surface area (Å²) in [4.78, 5) is 21.1. The second kappa shape index (κ2) is 7.10. The fourth-order valence-corrected chi connectivity index (χ4v) is 3.78. The molecule has 1 aromatic heterocycles. The Hall–Kier alpha value is -1.98. The van der Waals surface area contributed by atoms with Crippen molar-refractivity contribution in [2.24, 2.45) is 0 Å². The highest BCUT2D eigenvalue weighted by molar-refractivity contribution is 5.68. The van der Waals surface area contributed by atoms with E-state index in [2.05, 4.69) is 16.0 Å². The summed E-state index contributed by atoms with van der Waals surface area (Å²) in [6.07, 6.45) is 6.64. The predicted octanol–water partition coefficient (Wildman–Crippen LogP) is 3.46. The zero-order valence-electron chi connectivity index (χ0n) is 15.7. The third kappa shape index (κ3) is 4.17. The monoisotopic (exact) mass is 347 g/mol. The van der Waals surface area contributed by atoms with E-state index in [1.807, 2.05) is 38.8 Å². The zero-order valence-corrected chi connectivity index (χ0v) is 15.7. The van der Waals surface area contributed by atoms with Gasteiger partial charge in [0.25, 0.3) is 0 Å². The second-order valence-corrected chi connectivity index (χ2v) is 7.82. The highest BCUT2D eigenvalue weighted by Crippen LogP contribution is 2.36. The van der Waals surface area contributed by atoms with E-state index in [-0.39, 0.29) is 6.09 Å². The first-order chi connectivity index (χ1) is 11.9. The van der Waals surface area contributed by atoms with Gasteiger partial charge in [0.2, 0.25) is 0 Å². The number of carbonyl (C=O) groups is 1. The lowest BCUT2D eigenvalue weighted by Gasteiger charge is -2.31. The lowest BCUT2D eigenvalue weighted by molar-refractivity contribution is 0.0243. The van der Waals surface area contributed by atoms with Gasteiger partial charge in [0.05, 0.1) is 24.7 Å². The number of likely N-dealkylation sites (tertiary alicyclic amines) is 1. The minimum atomic E-state index is -0.460. The molecule has 25 heavy (non-hydrogen) atoms. The Morgan fingerprint density at radius 3 is 2.72 bits per heavy atom. The number of fused-ring (bicyclic) bond motifs is 2. The van der Waals surface area contributed by atoms with Crippen LogP contribution in [0, 0.1) is 0 Å². The van der Waals surface area contributed by atoms with Crippen molar-refractivity contribution < 1.29 is 14.3 Å². The normalized spacial score (nSPS) is 23.4. The summed E-state index contributed by atoms with van der Waals surface area (Å²) in [5, 5.41) is 0. The van der Waals surface area contributed by atoms with Gasteiger partial charge in [-0.25, -0.2) is 4.79 Å². The van der Waals surface area contributed by atoms with Gasteiger partial charge >= 0.3 is 6.09 Å². The van der Waals surface area contributed by atoms with E-state index in [9.17, 15) is 4.79 Å². The van der Waals surface area contributed by atoms with Crippen LogP contribution in [0.4, 0.5) is 10.5 Å². The summed E-state index contributed by atoms with van der Waals surface area (Å²) >= 11 is 0. The lowest BCUT2D eigenvalue weighted by Crippen LogP contribution is -2.43. The van der Waals surface area contributed by atoms with Gasteiger partial charge in [-0.1, -0.05) is 0 Å². The number of amides is 1. The third-order valence-corrected chi connectivity index (χ3v) is 4.74. The molecule has 1 amide bonds. The van der Waals surface area contributed by atoms with Gasteiger partial charge in [-0.2, -0.15) is 0 Å². The van der Waals surface area contributed by atoms with Gasteiger partial charge in [0.1, 0.15) is 11.4 Å². The van der Waals surface area contributed by atoms with E-state index >= 15 is 0 Å². The molecule has 0 spiro atoms. The highest BCUT2D eigenvalue weighted by atomic mass is 16.6. The van der Waals surface area contributed by atoms with Crippen LogP contribution in [0.3, 0.4) is 0 Å². The zero-order chi connectivity index (χ0) is 18.0. The molecule has 3 heterocycles. The van der Waals surface area contributed by atoms with Crippen LogP contribution in [-0.2, 0) is 4.74 Å². The van der Waals surface area contributed by atoms with Crippen molar-refractivity contribution in [2.75, 3.05) is 24.6 Å². The van der Waals surface area contributed by atoms with E-state index in [4.69, 9.17) is 9.47 Å². The molecule has 0 aromatic carbocycles. The molecule has 0 saturated carbocycles. The molecule has 0 aliphatic carbocycles. The molecular formula is C19H29N3O3. The Morgan fingerprint density at radius 1 is 1.24 bits per heavy atom. The first kappa shape index (κ1) is 17.8. The minimum Gasteiger partial charge on any atom is -0.492 e. The van der Waals surface area contributed by atoms with Gasteiger partial charge in [-0.15, -0.1) is 0 Å². The number of aromatic nitrogens is 1. The van der Waals surface area contributed by atoms with E-state index in [0.29, 0.717) is 25.2 Å². The van der Waals surface area contributed by atoms with Crippen molar-refractivity contribution in [1.82, 2.24) is 9.88 Å². The molecule has 6 heteroatoms.